The molecule has 0 fully saturated rings. The first-order valence-electron chi connectivity index (χ1n) is 6.29. The van der Waals surface area contributed by atoms with Gasteiger partial charge in [0.1, 0.15) is 0 Å². The van der Waals surface area contributed by atoms with Gasteiger partial charge in [-0.2, -0.15) is 0 Å². The summed E-state index contributed by atoms with van der Waals surface area (Å²) in [5.41, 5.74) is 2.44. The molecular weight excluding hydrogens is 270 g/mol. The second-order valence-corrected chi connectivity index (χ2v) is 5.14. The Bertz CT molecular complexity index is 771. The van der Waals surface area contributed by atoms with Gasteiger partial charge in [-0.25, -0.2) is 0 Å². The molecule has 2 N–H and O–H groups in total. The van der Waals surface area contributed by atoms with E-state index in [1.165, 1.54) is 0 Å². The van der Waals surface area contributed by atoms with E-state index >= 15 is 0 Å². The second kappa shape index (κ2) is 5.29. The largest absolute Gasteiger partial charge is 0.488 e. The maximum Gasteiger partial charge on any atom is 0.488 e. The van der Waals surface area contributed by atoms with Crippen LogP contribution in [0.1, 0.15) is 0 Å². The topological polar surface area (TPSA) is 40.5 Å². The van der Waals surface area contributed by atoms with Gasteiger partial charge in [0.05, 0.1) is 0 Å². The summed E-state index contributed by atoms with van der Waals surface area (Å²) < 4.78 is 0. The first-order valence-corrected chi connectivity index (χ1v) is 6.67. The summed E-state index contributed by atoms with van der Waals surface area (Å²) in [7, 11) is -1.45. The molecule has 0 aromatic heterocycles. The molecule has 0 atom stereocenters. The first-order chi connectivity index (χ1) is 9.63. The van der Waals surface area contributed by atoms with Crippen LogP contribution >= 0.6 is 11.6 Å². The van der Waals surface area contributed by atoms with Crippen molar-refractivity contribution in [1.82, 2.24) is 0 Å². The molecule has 0 spiro atoms. The van der Waals surface area contributed by atoms with Crippen molar-refractivity contribution in [2.24, 2.45) is 0 Å². The van der Waals surface area contributed by atoms with Gasteiger partial charge >= 0.3 is 7.12 Å². The molecule has 0 aliphatic heterocycles. The standard InChI is InChI=1S/C16H12BClO2/c18-16-7-6-11-4-5-13(8-14(11)10-16)12-2-1-3-15(9-12)17(19)20/h1-10,19-20H. The summed E-state index contributed by atoms with van der Waals surface area (Å²) in [5, 5.41) is 21.4. The number of fused-ring (bicyclic) bond motifs is 1. The van der Waals surface area contributed by atoms with Crippen LogP contribution in [0.25, 0.3) is 21.9 Å². The molecular formula is C16H12BClO2. The van der Waals surface area contributed by atoms with E-state index in [9.17, 15) is 10.0 Å². The first kappa shape index (κ1) is 13.2. The van der Waals surface area contributed by atoms with Crippen molar-refractivity contribution in [3.63, 3.8) is 0 Å². The molecule has 0 aliphatic carbocycles. The average Bonchev–Trinajstić information content (AvgIpc) is 2.46. The molecule has 0 aliphatic rings. The van der Waals surface area contributed by atoms with Gasteiger partial charge in [0.25, 0.3) is 0 Å². The summed E-state index contributed by atoms with van der Waals surface area (Å²) in [6.45, 7) is 0. The van der Waals surface area contributed by atoms with E-state index in [1.54, 1.807) is 12.1 Å². The van der Waals surface area contributed by atoms with Crippen molar-refractivity contribution in [2.45, 2.75) is 0 Å². The lowest BCUT2D eigenvalue weighted by Gasteiger charge is -2.07. The van der Waals surface area contributed by atoms with Gasteiger partial charge in [-0.3, -0.25) is 0 Å². The Labute approximate surface area is 122 Å². The van der Waals surface area contributed by atoms with Gasteiger partial charge in [0, 0.05) is 5.02 Å². The van der Waals surface area contributed by atoms with Crippen molar-refractivity contribution in [3.05, 3.63) is 65.7 Å². The molecule has 0 amide bonds. The van der Waals surface area contributed by atoms with Crippen LogP contribution in [0.4, 0.5) is 0 Å². The Morgan fingerprint density at radius 3 is 2.30 bits per heavy atom. The summed E-state index contributed by atoms with van der Waals surface area (Å²) in [6.07, 6.45) is 0. The predicted octanol–water partition coefficient (Wildman–Crippen LogP) is 2.84. The zero-order valence-corrected chi connectivity index (χ0v) is 11.4. The third-order valence-corrected chi connectivity index (χ3v) is 3.56. The number of hydrogen-bond acceptors (Lipinski definition) is 2. The van der Waals surface area contributed by atoms with Crippen molar-refractivity contribution in [2.75, 3.05) is 0 Å². The zero-order chi connectivity index (χ0) is 14.1. The fourth-order valence-corrected chi connectivity index (χ4v) is 2.46. The highest BCUT2D eigenvalue weighted by atomic mass is 35.5. The molecule has 2 nitrogen and oxygen atoms in total. The van der Waals surface area contributed by atoms with Gasteiger partial charge in [0.2, 0.25) is 0 Å². The van der Waals surface area contributed by atoms with E-state index in [4.69, 9.17) is 11.6 Å². The van der Waals surface area contributed by atoms with Crippen molar-refractivity contribution in [1.29, 1.82) is 0 Å². The fraction of sp³-hybridized carbons (Fsp3) is 0. The second-order valence-electron chi connectivity index (χ2n) is 4.71. The van der Waals surface area contributed by atoms with Gasteiger partial charge < -0.3 is 10.0 Å². The van der Waals surface area contributed by atoms with Crippen LogP contribution in [0.15, 0.2) is 60.7 Å². The predicted molar refractivity (Wildman–Crippen MR) is 84.2 cm³/mol. The summed E-state index contributed by atoms with van der Waals surface area (Å²) in [5.74, 6) is 0. The lowest BCUT2D eigenvalue weighted by atomic mass is 9.79. The minimum atomic E-state index is -1.45. The molecule has 20 heavy (non-hydrogen) atoms. The van der Waals surface area contributed by atoms with Crippen LogP contribution in [0.3, 0.4) is 0 Å². The van der Waals surface area contributed by atoms with Crippen LogP contribution in [-0.4, -0.2) is 17.2 Å². The van der Waals surface area contributed by atoms with Crippen molar-refractivity contribution >= 4 is 35.0 Å². The Hall–Kier alpha value is -1.81. The SMILES string of the molecule is OB(O)c1cccc(-c2ccc3ccc(Cl)cc3c2)c1. The molecule has 0 bridgehead atoms. The number of rotatable bonds is 2. The molecule has 98 valence electrons. The maximum absolute atomic E-state index is 9.24. The minimum absolute atomic E-state index is 0.480. The van der Waals surface area contributed by atoms with Crippen LogP contribution in [-0.2, 0) is 0 Å². The minimum Gasteiger partial charge on any atom is -0.423 e. The molecule has 0 unspecified atom stereocenters. The monoisotopic (exact) mass is 282 g/mol. The Morgan fingerprint density at radius 1 is 0.750 bits per heavy atom. The van der Waals surface area contributed by atoms with Crippen LogP contribution in [0, 0.1) is 0 Å². The van der Waals surface area contributed by atoms with Crippen molar-refractivity contribution < 1.29 is 10.0 Å². The average molecular weight is 283 g/mol. The van der Waals surface area contributed by atoms with E-state index in [1.807, 2.05) is 48.5 Å². The van der Waals surface area contributed by atoms with E-state index in [2.05, 4.69) is 0 Å². The van der Waals surface area contributed by atoms with Gasteiger partial charge in [-0.15, -0.1) is 0 Å². The smallest absolute Gasteiger partial charge is 0.423 e. The Morgan fingerprint density at radius 2 is 1.50 bits per heavy atom. The number of benzene rings is 3. The van der Waals surface area contributed by atoms with E-state index in [-0.39, 0.29) is 0 Å². The van der Waals surface area contributed by atoms with E-state index < -0.39 is 7.12 Å². The van der Waals surface area contributed by atoms with Crippen LogP contribution < -0.4 is 5.46 Å². The third-order valence-electron chi connectivity index (χ3n) is 3.32. The highest BCUT2D eigenvalue weighted by molar-refractivity contribution is 6.58. The molecule has 0 heterocycles. The number of hydrogen-bond donors (Lipinski definition) is 2. The van der Waals surface area contributed by atoms with E-state index in [0.29, 0.717) is 10.5 Å². The third kappa shape index (κ3) is 2.56. The molecule has 0 saturated carbocycles. The van der Waals surface area contributed by atoms with Crippen molar-refractivity contribution in [3.8, 4) is 11.1 Å². The van der Waals surface area contributed by atoms with E-state index in [0.717, 1.165) is 21.9 Å². The quantitative estimate of drug-likeness (QED) is 0.710. The summed E-state index contributed by atoms with van der Waals surface area (Å²) >= 11 is 6.02. The Balaban J connectivity index is 2.12. The fourth-order valence-electron chi connectivity index (χ4n) is 2.28. The lowest BCUT2D eigenvalue weighted by Crippen LogP contribution is -2.29. The molecule has 4 heteroatoms. The van der Waals surface area contributed by atoms with Crippen LogP contribution in [0.2, 0.25) is 5.02 Å². The molecule has 3 aromatic carbocycles. The van der Waals surface area contributed by atoms with Gasteiger partial charge in [-0.05, 0) is 45.6 Å². The molecule has 3 aromatic rings. The maximum atomic E-state index is 9.24. The van der Waals surface area contributed by atoms with Gasteiger partial charge in [-0.1, -0.05) is 54.1 Å². The lowest BCUT2D eigenvalue weighted by molar-refractivity contribution is 0.426. The summed E-state index contributed by atoms with van der Waals surface area (Å²) in [4.78, 5) is 0. The zero-order valence-electron chi connectivity index (χ0n) is 10.6. The normalized spacial score (nSPS) is 10.8. The van der Waals surface area contributed by atoms with Crippen LogP contribution in [0.5, 0.6) is 0 Å². The highest BCUT2D eigenvalue weighted by Crippen LogP contribution is 2.26. The molecule has 0 radical (unpaired) electrons. The summed E-state index contributed by atoms with van der Waals surface area (Å²) in [6, 6.07) is 19.1. The number of halogens is 1. The Kier molecular flexibility index (Phi) is 3.49. The van der Waals surface area contributed by atoms with Gasteiger partial charge in [0.15, 0.2) is 0 Å². The molecule has 0 saturated heterocycles. The highest BCUT2D eigenvalue weighted by Gasteiger charge is 2.11. The molecule has 3 rings (SSSR count).